The molecule has 0 spiro atoms. The lowest BCUT2D eigenvalue weighted by molar-refractivity contribution is -0.131. The average Bonchev–Trinajstić information content (AvgIpc) is 2.91. The van der Waals surface area contributed by atoms with E-state index >= 15 is 0 Å². The number of amides is 1. The van der Waals surface area contributed by atoms with E-state index in [0.29, 0.717) is 61.2 Å². The highest BCUT2D eigenvalue weighted by Crippen LogP contribution is 2.27. The first-order valence-electron chi connectivity index (χ1n) is 12.0. The van der Waals surface area contributed by atoms with Crippen molar-refractivity contribution in [1.29, 1.82) is 0 Å². The van der Waals surface area contributed by atoms with Crippen LogP contribution in [0, 0.1) is 0 Å². The van der Waals surface area contributed by atoms with Crippen LogP contribution in [0.1, 0.15) is 35.3 Å². The van der Waals surface area contributed by atoms with Gasteiger partial charge >= 0.3 is 5.97 Å². The monoisotopic (exact) mass is 486 g/mol. The predicted octanol–water partition coefficient (Wildman–Crippen LogP) is 4.13. The minimum Gasteiger partial charge on any atom is -0.478 e. The molecule has 1 aliphatic heterocycles. The number of carbonyl (C=O) groups is 2. The minimum atomic E-state index is -1.03. The molecule has 0 radical (unpaired) electrons. The third-order valence-electron chi connectivity index (χ3n) is 5.96. The Bertz CT molecular complexity index is 1240. The summed E-state index contributed by atoms with van der Waals surface area (Å²) in [6.07, 6.45) is 4.22. The molecule has 1 aromatic heterocycles. The summed E-state index contributed by atoms with van der Waals surface area (Å²) in [5, 5.41) is 9.02. The van der Waals surface area contributed by atoms with E-state index in [1.165, 1.54) is 6.08 Å². The fourth-order valence-electron chi connectivity index (χ4n) is 4.05. The molecule has 1 aliphatic rings. The van der Waals surface area contributed by atoms with Crippen molar-refractivity contribution in [2.45, 2.75) is 26.4 Å². The Balaban J connectivity index is 1.76. The molecule has 1 amide bonds. The smallest absolute Gasteiger partial charge is 0.328 e. The Morgan fingerprint density at radius 3 is 2.56 bits per heavy atom. The first kappa shape index (κ1) is 25.1. The number of carbonyl (C=O) groups excluding carboxylic acids is 1. The first-order valence-corrected chi connectivity index (χ1v) is 12.0. The first-order chi connectivity index (χ1) is 17.4. The second kappa shape index (κ2) is 11.6. The molecule has 8 heteroatoms. The summed E-state index contributed by atoms with van der Waals surface area (Å²) in [7, 11) is 0. The zero-order valence-corrected chi connectivity index (χ0v) is 20.5. The van der Waals surface area contributed by atoms with Gasteiger partial charge in [0, 0.05) is 43.5 Å². The standard InChI is InChI=1S/C28H30N4O4/c1-20(2)32(19-22-7-4-3-5-8-22)27(35)24-18-29-28(31-13-15-36-16-14-31)30-26(24)23-10-6-9-21(17-23)11-12-25(33)34/h3-12,17-18,20H,13-16,19H2,1-2H3,(H,33,34). The van der Waals surface area contributed by atoms with Crippen LogP contribution in [0.2, 0.25) is 0 Å². The second-order valence-corrected chi connectivity index (χ2v) is 8.84. The van der Waals surface area contributed by atoms with Crippen molar-refractivity contribution in [2.24, 2.45) is 0 Å². The van der Waals surface area contributed by atoms with Crippen LogP contribution in [0.3, 0.4) is 0 Å². The largest absolute Gasteiger partial charge is 0.478 e. The number of carboxylic acids is 1. The Morgan fingerprint density at radius 2 is 1.86 bits per heavy atom. The van der Waals surface area contributed by atoms with E-state index < -0.39 is 5.97 Å². The molecule has 186 valence electrons. The maximum absolute atomic E-state index is 13.9. The van der Waals surface area contributed by atoms with Crippen molar-refractivity contribution >= 4 is 23.9 Å². The van der Waals surface area contributed by atoms with Crippen LogP contribution in [-0.4, -0.2) is 64.2 Å². The SMILES string of the molecule is CC(C)N(Cc1ccccc1)C(=O)c1cnc(N2CCOCC2)nc1-c1cccc(C=CC(=O)O)c1. The number of hydrogen-bond acceptors (Lipinski definition) is 6. The van der Waals surface area contributed by atoms with Crippen molar-refractivity contribution in [3.8, 4) is 11.3 Å². The Kier molecular flexibility index (Phi) is 8.07. The van der Waals surface area contributed by atoms with Crippen molar-refractivity contribution in [3.63, 3.8) is 0 Å². The third-order valence-corrected chi connectivity index (χ3v) is 5.96. The molecule has 0 unspecified atom stereocenters. The zero-order valence-electron chi connectivity index (χ0n) is 20.5. The normalized spacial score (nSPS) is 13.8. The summed E-state index contributed by atoms with van der Waals surface area (Å²) in [5.41, 5.74) is 3.36. The molecular formula is C28H30N4O4. The quantitative estimate of drug-likeness (QED) is 0.478. The molecule has 0 saturated carbocycles. The molecule has 2 heterocycles. The van der Waals surface area contributed by atoms with Gasteiger partial charge in [0.1, 0.15) is 0 Å². The van der Waals surface area contributed by atoms with E-state index in [4.69, 9.17) is 14.8 Å². The molecule has 1 fully saturated rings. The van der Waals surface area contributed by atoms with Gasteiger partial charge in [-0.3, -0.25) is 4.79 Å². The number of rotatable bonds is 8. The van der Waals surface area contributed by atoms with E-state index in [9.17, 15) is 9.59 Å². The number of benzene rings is 2. The van der Waals surface area contributed by atoms with Gasteiger partial charge in [0.15, 0.2) is 0 Å². The van der Waals surface area contributed by atoms with Crippen LogP contribution in [-0.2, 0) is 16.1 Å². The van der Waals surface area contributed by atoms with Gasteiger partial charge in [-0.25, -0.2) is 14.8 Å². The van der Waals surface area contributed by atoms with Crippen molar-refractivity contribution < 1.29 is 19.4 Å². The summed E-state index contributed by atoms with van der Waals surface area (Å²) in [4.78, 5) is 38.2. The Hall–Kier alpha value is -4.04. The molecule has 1 N–H and O–H groups in total. The van der Waals surface area contributed by atoms with Crippen LogP contribution in [0.25, 0.3) is 17.3 Å². The number of anilines is 1. The van der Waals surface area contributed by atoms with E-state index in [1.807, 2.05) is 73.3 Å². The zero-order chi connectivity index (χ0) is 25.5. The van der Waals surface area contributed by atoms with Crippen molar-refractivity contribution in [3.05, 3.63) is 83.6 Å². The number of hydrogen-bond donors (Lipinski definition) is 1. The summed E-state index contributed by atoms with van der Waals surface area (Å²) in [5.74, 6) is -0.652. The number of aromatic nitrogens is 2. The van der Waals surface area contributed by atoms with E-state index in [-0.39, 0.29) is 11.9 Å². The molecular weight excluding hydrogens is 456 g/mol. The lowest BCUT2D eigenvalue weighted by Crippen LogP contribution is -2.38. The average molecular weight is 487 g/mol. The van der Waals surface area contributed by atoms with Gasteiger partial charge in [-0.1, -0.05) is 48.5 Å². The topological polar surface area (TPSA) is 95.9 Å². The highest BCUT2D eigenvalue weighted by Gasteiger charge is 2.25. The molecule has 0 atom stereocenters. The maximum atomic E-state index is 13.9. The molecule has 0 bridgehead atoms. The van der Waals surface area contributed by atoms with Crippen molar-refractivity contribution in [2.75, 3.05) is 31.2 Å². The van der Waals surface area contributed by atoms with Crippen LogP contribution in [0.5, 0.6) is 0 Å². The second-order valence-electron chi connectivity index (χ2n) is 8.84. The van der Waals surface area contributed by atoms with E-state index in [1.54, 1.807) is 11.1 Å². The summed E-state index contributed by atoms with van der Waals surface area (Å²) >= 11 is 0. The molecule has 4 rings (SSSR count). The van der Waals surface area contributed by atoms with Crippen LogP contribution in [0.15, 0.2) is 66.9 Å². The lowest BCUT2D eigenvalue weighted by Gasteiger charge is -2.29. The maximum Gasteiger partial charge on any atom is 0.328 e. The molecule has 1 saturated heterocycles. The third kappa shape index (κ3) is 6.14. The number of carboxylic acid groups (broad SMARTS) is 1. The van der Waals surface area contributed by atoms with Gasteiger partial charge in [0.2, 0.25) is 5.95 Å². The molecule has 36 heavy (non-hydrogen) atoms. The Labute approximate surface area is 210 Å². The predicted molar refractivity (Wildman–Crippen MR) is 139 cm³/mol. The highest BCUT2D eigenvalue weighted by molar-refractivity contribution is 6.00. The minimum absolute atomic E-state index is 0.0469. The number of aliphatic carboxylic acids is 1. The van der Waals surface area contributed by atoms with Crippen LogP contribution >= 0.6 is 0 Å². The highest BCUT2D eigenvalue weighted by atomic mass is 16.5. The molecule has 8 nitrogen and oxygen atoms in total. The van der Waals surface area contributed by atoms with Gasteiger partial charge in [-0.15, -0.1) is 0 Å². The fraction of sp³-hybridized carbons (Fsp3) is 0.286. The summed E-state index contributed by atoms with van der Waals surface area (Å²) < 4.78 is 5.46. The summed E-state index contributed by atoms with van der Waals surface area (Å²) in [6, 6.07) is 17.2. The molecule has 0 aliphatic carbocycles. The van der Waals surface area contributed by atoms with Gasteiger partial charge in [-0.2, -0.15) is 0 Å². The Morgan fingerprint density at radius 1 is 1.11 bits per heavy atom. The number of ether oxygens (including phenoxy) is 1. The van der Waals surface area contributed by atoms with Crippen LogP contribution < -0.4 is 4.90 Å². The van der Waals surface area contributed by atoms with Gasteiger partial charge in [0.25, 0.3) is 5.91 Å². The molecule has 3 aromatic rings. The van der Waals surface area contributed by atoms with E-state index in [0.717, 1.165) is 11.6 Å². The van der Waals surface area contributed by atoms with Crippen LogP contribution in [0.4, 0.5) is 5.95 Å². The molecule has 2 aromatic carbocycles. The van der Waals surface area contributed by atoms with E-state index in [2.05, 4.69) is 4.98 Å². The summed E-state index contributed by atoms with van der Waals surface area (Å²) in [6.45, 7) is 6.95. The van der Waals surface area contributed by atoms with Gasteiger partial charge < -0.3 is 19.6 Å². The number of nitrogens with zero attached hydrogens (tertiary/aromatic N) is 4. The number of morpholine rings is 1. The van der Waals surface area contributed by atoms with Crippen molar-refractivity contribution in [1.82, 2.24) is 14.9 Å². The van der Waals surface area contributed by atoms with Gasteiger partial charge in [0.05, 0.1) is 24.5 Å². The lowest BCUT2D eigenvalue weighted by atomic mass is 10.0. The fourth-order valence-corrected chi connectivity index (χ4v) is 4.05. The van der Waals surface area contributed by atoms with Gasteiger partial charge in [-0.05, 0) is 37.1 Å².